The van der Waals surface area contributed by atoms with E-state index in [-0.39, 0.29) is 0 Å². The van der Waals surface area contributed by atoms with E-state index in [1.165, 1.54) is 0 Å². The first-order valence-electron chi connectivity index (χ1n) is 7.62. The summed E-state index contributed by atoms with van der Waals surface area (Å²) in [5, 5.41) is 8.74. The zero-order chi connectivity index (χ0) is 16.5. The predicted octanol–water partition coefficient (Wildman–Crippen LogP) is 3.75. The van der Waals surface area contributed by atoms with Crippen LogP contribution in [0.3, 0.4) is 0 Å². The highest BCUT2D eigenvalue weighted by Crippen LogP contribution is 2.14. The van der Waals surface area contributed by atoms with E-state index in [0.717, 1.165) is 25.0 Å². The highest BCUT2D eigenvalue weighted by molar-refractivity contribution is 5.91. The average molecular weight is 309 g/mol. The topological polar surface area (TPSA) is 59.3 Å². The Kier molecular flexibility index (Phi) is 6.34. The number of nitriles is 1. The summed E-state index contributed by atoms with van der Waals surface area (Å²) in [6.07, 6.45) is 1.84. The van der Waals surface area contributed by atoms with Gasteiger partial charge in [0.05, 0.1) is 23.8 Å². The van der Waals surface area contributed by atoms with Gasteiger partial charge in [-0.15, -0.1) is 0 Å². The van der Waals surface area contributed by atoms with Crippen LogP contribution in [0.15, 0.2) is 48.5 Å². The first kappa shape index (κ1) is 16.7. The molecule has 0 aromatic heterocycles. The summed E-state index contributed by atoms with van der Waals surface area (Å²) in [7, 11) is 0. The summed E-state index contributed by atoms with van der Waals surface area (Å²) >= 11 is 0. The van der Waals surface area contributed by atoms with Gasteiger partial charge in [-0.1, -0.05) is 19.1 Å². The Labute approximate surface area is 136 Å². The van der Waals surface area contributed by atoms with Gasteiger partial charge in [0.25, 0.3) is 0 Å². The van der Waals surface area contributed by atoms with Crippen LogP contribution in [-0.4, -0.2) is 19.2 Å². The summed E-state index contributed by atoms with van der Waals surface area (Å²) in [4.78, 5) is 12.1. The van der Waals surface area contributed by atoms with Crippen molar-refractivity contribution in [2.24, 2.45) is 0 Å². The molecule has 0 aliphatic carbocycles. The zero-order valence-corrected chi connectivity index (χ0v) is 13.1. The van der Waals surface area contributed by atoms with Gasteiger partial charge in [0.2, 0.25) is 0 Å². The second kappa shape index (κ2) is 8.72. The molecule has 0 saturated carbocycles. The van der Waals surface area contributed by atoms with Crippen LogP contribution >= 0.6 is 0 Å². The number of nitrogens with zero attached hydrogens (tertiary/aromatic N) is 1. The van der Waals surface area contributed by atoms with E-state index in [1.54, 1.807) is 36.4 Å². The van der Waals surface area contributed by atoms with Gasteiger partial charge in [-0.2, -0.15) is 5.26 Å². The van der Waals surface area contributed by atoms with Crippen LogP contribution < -0.4 is 4.74 Å². The minimum atomic E-state index is -0.413. The van der Waals surface area contributed by atoms with E-state index >= 15 is 0 Å². The quantitative estimate of drug-likeness (QED) is 0.444. The van der Waals surface area contributed by atoms with Crippen LogP contribution in [0.4, 0.5) is 0 Å². The molecule has 2 aromatic rings. The predicted molar refractivity (Wildman–Crippen MR) is 87.4 cm³/mol. The number of hydrogen-bond donors (Lipinski definition) is 0. The second-order valence-electron chi connectivity index (χ2n) is 5.08. The highest BCUT2D eigenvalue weighted by Gasteiger charge is 2.08. The van der Waals surface area contributed by atoms with Crippen molar-refractivity contribution in [3.63, 3.8) is 0 Å². The molecule has 0 heterocycles. The fourth-order valence-electron chi connectivity index (χ4n) is 2.01. The van der Waals surface area contributed by atoms with Crippen LogP contribution in [0.5, 0.6) is 5.75 Å². The molecule has 2 aromatic carbocycles. The van der Waals surface area contributed by atoms with Gasteiger partial charge < -0.3 is 9.47 Å². The average Bonchev–Trinajstić information content (AvgIpc) is 2.60. The Morgan fingerprint density at radius 1 is 1.04 bits per heavy atom. The number of rotatable bonds is 7. The Morgan fingerprint density at radius 2 is 1.74 bits per heavy atom. The van der Waals surface area contributed by atoms with Gasteiger partial charge >= 0.3 is 5.97 Å². The number of esters is 1. The van der Waals surface area contributed by atoms with Crippen molar-refractivity contribution >= 4 is 5.97 Å². The lowest BCUT2D eigenvalue weighted by Gasteiger charge is -2.06. The fraction of sp³-hybridized carbons (Fsp3) is 0.263. The zero-order valence-electron chi connectivity index (χ0n) is 13.1. The van der Waals surface area contributed by atoms with Crippen molar-refractivity contribution in [2.75, 3.05) is 13.2 Å². The number of hydrogen-bond acceptors (Lipinski definition) is 4. The third-order valence-electron chi connectivity index (χ3n) is 3.27. The third-order valence-corrected chi connectivity index (χ3v) is 3.27. The summed E-state index contributed by atoms with van der Waals surface area (Å²) in [6.45, 7) is 3.53. The number of carbonyl (C=O) groups is 1. The van der Waals surface area contributed by atoms with Crippen molar-refractivity contribution in [1.29, 1.82) is 5.26 Å². The van der Waals surface area contributed by atoms with Crippen LogP contribution in [0.25, 0.3) is 0 Å². The Hall–Kier alpha value is -2.64. The molecule has 0 atom stereocenters. The summed E-state index contributed by atoms with van der Waals surface area (Å²) in [5.41, 5.74) is 2.14. The van der Waals surface area contributed by atoms with Crippen molar-refractivity contribution in [3.05, 3.63) is 65.2 Å². The standard InChI is InChI=1S/C19H19NO3/c1-2-12-22-13-11-15-3-7-17(8-4-15)19(21)23-18-9-5-16(14-20)6-10-18/h3-10H,2,11-13H2,1H3. The number of carbonyl (C=O) groups excluding carboxylic acids is 1. The Balaban J connectivity index is 1.90. The molecule has 0 fully saturated rings. The molecule has 0 aliphatic rings. The van der Waals surface area contributed by atoms with Gasteiger partial charge in [0, 0.05) is 6.61 Å². The lowest BCUT2D eigenvalue weighted by Crippen LogP contribution is -2.08. The molecule has 118 valence electrons. The SMILES string of the molecule is CCCOCCc1ccc(C(=O)Oc2ccc(C#N)cc2)cc1. The van der Waals surface area contributed by atoms with E-state index in [0.29, 0.717) is 23.5 Å². The van der Waals surface area contributed by atoms with Crippen LogP contribution in [0.2, 0.25) is 0 Å². The minimum Gasteiger partial charge on any atom is -0.423 e. The normalized spacial score (nSPS) is 10.1. The Morgan fingerprint density at radius 3 is 2.35 bits per heavy atom. The molecule has 0 unspecified atom stereocenters. The molecule has 0 aliphatic heterocycles. The highest BCUT2D eigenvalue weighted by atomic mass is 16.5. The lowest BCUT2D eigenvalue weighted by molar-refractivity contribution is 0.0735. The maximum Gasteiger partial charge on any atom is 0.343 e. The fourth-order valence-corrected chi connectivity index (χ4v) is 2.01. The van der Waals surface area contributed by atoms with Gasteiger partial charge in [0.1, 0.15) is 5.75 Å². The molecule has 0 saturated heterocycles. The van der Waals surface area contributed by atoms with E-state index in [2.05, 4.69) is 6.92 Å². The van der Waals surface area contributed by atoms with Gasteiger partial charge in [-0.3, -0.25) is 0 Å². The molecule has 0 spiro atoms. The van der Waals surface area contributed by atoms with Crippen molar-refractivity contribution in [2.45, 2.75) is 19.8 Å². The first-order chi connectivity index (χ1) is 11.2. The van der Waals surface area contributed by atoms with Crippen LogP contribution in [0.1, 0.15) is 34.8 Å². The first-order valence-corrected chi connectivity index (χ1v) is 7.62. The second-order valence-corrected chi connectivity index (χ2v) is 5.08. The number of ether oxygens (including phenoxy) is 2. The van der Waals surface area contributed by atoms with E-state index in [1.807, 2.05) is 18.2 Å². The molecule has 0 N–H and O–H groups in total. The molecule has 0 amide bonds. The van der Waals surface area contributed by atoms with Gasteiger partial charge in [-0.25, -0.2) is 4.79 Å². The molecule has 0 radical (unpaired) electrons. The maximum absolute atomic E-state index is 12.1. The molecule has 0 bridgehead atoms. The summed E-state index contributed by atoms with van der Waals surface area (Å²) < 4.78 is 10.7. The monoisotopic (exact) mass is 309 g/mol. The third kappa shape index (κ3) is 5.24. The molecular formula is C19H19NO3. The van der Waals surface area contributed by atoms with E-state index in [9.17, 15) is 4.79 Å². The minimum absolute atomic E-state index is 0.413. The summed E-state index contributed by atoms with van der Waals surface area (Å²) in [6, 6.07) is 15.8. The van der Waals surface area contributed by atoms with Crippen LogP contribution in [-0.2, 0) is 11.2 Å². The lowest BCUT2D eigenvalue weighted by atomic mass is 10.1. The molecule has 2 rings (SSSR count). The smallest absolute Gasteiger partial charge is 0.343 e. The van der Waals surface area contributed by atoms with Crippen molar-refractivity contribution < 1.29 is 14.3 Å². The largest absolute Gasteiger partial charge is 0.423 e. The van der Waals surface area contributed by atoms with Crippen molar-refractivity contribution in [1.82, 2.24) is 0 Å². The van der Waals surface area contributed by atoms with E-state index in [4.69, 9.17) is 14.7 Å². The molecule has 23 heavy (non-hydrogen) atoms. The maximum atomic E-state index is 12.1. The summed E-state index contributed by atoms with van der Waals surface area (Å²) in [5.74, 6) is 0.00883. The van der Waals surface area contributed by atoms with Gasteiger partial charge in [-0.05, 0) is 54.8 Å². The molecule has 4 heteroatoms. The van der Waals surface area contributed by atoms with Crippen LogP contribution in [0, 0.1) is 11.3 Å². The van der Waals surface area contributed by atoms with Crippen molar-refractivity contribution in [3.8, 4) is 11.8 Å². The van der Waals surface area contributed by atoms with E-state index < -0.39 is 5.97 Å². The molecule has 4 nitrogen and oxygen atoms in total. The molecular weight excluding hydrogens is 290 g/mol. The number of benzene rings is 2. The van der Waals surface area contributed by atoms with Gasteiger partial charge in [0.15, 0.2) is 0 Å². The Bertz CT molecular complexity index is 669.